The van der Waals surface area contributed by atoms with E-state index in [2.05, 4.69) is 11.4 Å². The average Bonchev–Trinajstić information content (AvgIpc) is 3.11. The largest absolute Gasteiger partial charge is 0.439 e. The van der Waals surface area contributed by atoms with Gasteiger partial charge in [0.2, 0.25) is 5.88 Å². The third-order valence-electron chi connectivity index (χ3n) is 5.21. The molecule has 0 aliphatic carbocycles. The number of halogens is 1. The van der Waals surface area contributed by atoms with Crippen LogP contribution in [0, 0.1) is 19.7 Å². The molecule has 5 heteroatoms. The van der Waals surface area contributed by atoms with Crippen LogP contribution < -0.4 is 10.9 Å². The normalized spacial score (nSPS) is 11.3. The average molecular weight is 399 g/mol. The van der Waals surface area contributed by atoms with Gasteiger partial charge in [0, 0.05) is 5.69 Å². The van der Waals surface area contributed by atoms with Crippen LogP contribution in [0.3, 0.4) is 0 Å². The molecule has 30 heavy (non-hydrogen) atoms. The monoisotopic (exact) mass is 399 g/mol. The summed E-state index contributed by atoms with van der Waals surface area (Å²) in [7, 11) is 0. The minimum absolute atomic E-state index is 0.326. The number of fused-ring (bicyclic) bond motifs is 3. The highest BCUT2D eigenvalue weighted by atomic mass is 19.1. The van der Waals surface area contributed by atoms with Crippen molar-refractivity contribution >= 4 is 33.5 Å². The first kappa shape index (κ1) is 18.2. The van der Waals surface area contributed by atoms with Gasteiger partial charge in [-0.15, -0.1) is 0 Å². The molecule has 2 aromatic heterocycles. The van der Waals surface area contributed by atoms with Gasteiger partial charge in [-0.05, 0) is 55.3 Å². The van der Waals surface area contributed by atoms with E-state index in [0.29, 0.717) is 38.9 Å². The van der Waals surface area contributed by atoms with Crippen LogP contribution in [-0.4, -0.2) is 0 Å². The lowest BCUT2D eigenvalue weighted by Gasteiger charge is -2.10. The topological polar surface area (TPSA) is 55.4 Å². The van der Waals surface area contributed by atoms with Crippen LogP contribution in [0.2, 0.25) is 0 Å². The Bertz CT molecular complexity index is 1460. The van der Waals surface area contributed by atoms with Gasteiger partial charge in [-0.2, -0.15) is 0 Å². The van der Waals surface area contributed by atoms with Gasteiger partial charge in [0.25, 0.3) is 0 Å². The van der Waals surface area contributed by atoms with Crippen LogP contribution in [0.15, 0.2) is 80.4 Å². The van der Waals surface area contributed by atoms with Crippen LogP contribution >= 0.6 is 0 Å². The van der Waals surface area contributed by atoms with E-state index in [9.17, 15) is 9.18 Å². The van der Waals surface area contributed by atoms with Crippen molar-refractivity contribution in [3.8, 4) is 11.1 Å². The smallest absolute Gasteiger partial charge is 0.348 e. The van der Waals surface area contributed by atoms with E-state index in [4.69, 9.17) is 8.83 Å². The molecule has 0 spiro atoms. The molecule has 5 rings (SSSR count). The van der Waals surface area contributed by atoms with E-state index < -0.39 is 5.63 Å². The molecule has 0 bridgehead atoms. The Morgan fingerprint density at radius 3 is 2.43 bits per heavy atom. The second-order valence-corrected chi connectivity index (χ2v) is 7.35. The zero-order chi connectivity index (χ0) is 20.8. The molecule has 148 valence electrons. The van der Waals surface area contributed by atoms with E-state index in [1.165, 1.54) is 12.1 Å². The summed E-state index contributed by atoms with van der Waals surface area (Å²) >= 11 is 0. The lowest BCUT2D eigenvalue weighted by atomic mass is 10.0. The minimum atomic E-state index is -0.500. The summed E-state index contributed by atoms with van der Waals surface area (Å²) in [6.07, 6.45) is 0. The Labute approximate surface area is 171 Å². The van der Waals surface area contributed by atoms with Crippen LogP contribution in [0.1, 0.15) is 11.1 Å². The zero-order valence-electron chi connectivity index (χ0n) is 16.5. The standard InChI is InChI=1S/C25H18FNO3/c1-14-7-12-19(15(2)13-14)27-24-21(16-8-10-17(26)11-9-16)22-23(30-24)18-5-3-4-6-20(18)29-25(22)28/h3-13,27H,1-2H3. The maximum absolute atomic E-state index is 13.5. The number of hydrogen-bond donors (Lipinski definition) is 1. The summed E-state index contributed by atoms with van der Waals surface area (Å²) in [5, 5.41) is 4.35. The second-order valence-electron chi connectivity index (χ2n) is 7.35. The van der Waals surface area contributed by atoms with Crippen molar-refractivity contribution in [2.24, 2.45) is 0 Å². The molecule has 1 N–H and O–H groups in total. The molecule has 0 radical (unpaired) electrons. The molecular formula is C25H18FNO3. The zero-order valence-corrected chi connectivity index (χ0v) is 16.5. The van der Waals surface area contributed by atoms with Crippen LogP contribution in [-0.2, 0) is 0 Å². The molecular weight excluding hydrogens is 381 g/mol. The van der Waals surface area contributed by atoms with Crippen molar-refractivity contribution in [3.05, 3.63) is 94.1 Å². The number of para-hydroxylation sites is 1. The molecule has 4 nitrogen and oxygen atoms in total. The number of nitrogens with one attached hydrogen (secondary N) is 1. The maximum atomic E-state index is 13.5. The summed E-state index contributed by atoms with van der Waals surface area (Å²) in [6, 6.07) is 19.2. The van der Waals surface area contributed by atoms with Gasteiger partial charge in [-0.1, -0.05) is 42.0 Å². The van der Waals surface area contributed by atoms with Crippen molar-refractivity contribution in [2.45, 2.75) is 13.8 Å². The van der Waals surface area contributed by atoms with Crippen LogP contribution in [0.4, 0.5) is 16.0 Å². The van der Waals surface area contributed by atoms with Crippen molar-refractivity contribution in [2.75, 3.05) is 5.32 Å². The van der Waals surface area contributed by atoms with Crippen molar-refractivity contribution < 1.29 is 13.2 Å². The quantitative estimate of drug-likeness (QED) is 0.343. The van der Waals surface area contributed by atoms with Gasteiger partial charge in [0.15, 0.2) is 5.58 Å². The molecule has 0 amide bonds. The maximum Gasteiger partial charge on any atom is 0.348 e. The van der Waals surface area contributed by atoms with Crippen LogP contribution in [0.5, 0.6) is 0 Å². The summed E-state index contributed by atoms with van der Waals surface area (Å²) in [4.78, 5) is 12.9. The fourth-order valence-electron chi connectivity index (χ4n) is 3.77. The molecule has 2 heterocycles. The van der Waals surface area contributed by atoms with E-state index >= 15 is 0 Å². The summed E-state index contributed by atoms with van der Waals surface area (Å²) < 4.78 is 25.3. The Balaban J connectivity index is 1.83. The predicted molar refractivity (Wildman–Crippen MR) is 117 cm³/mol. The fourth-order valence-corrected chi connectivity index (χ4v) is 3.77. The van der Waals surface area contributed by atoms with Crippen molar-refractivity contribution in [1.29, 1.82) is 0 Å². The van der Waals surface area contributed by atoms with E-state index in [-0.39, 0.29) is 5.82 Å². The number of aryl methyl sites for hydroxylation is 2. The number of benzene rings is 3. The summed E-state index contributed by atoms with van der Waals surface area (Å²) in [5.74, 6) is 0.0557. The first-order valence-electron chi connectivity index (χ1n) is 9.60. The molecule has 0 saturated carbocycles. The Morgan fingerprint density at radius 1 is 0.900 bits per heavy atom. The number of furan rings is 1. The van der Waals surface area contributed by atoms with Crippen LogP contribution in [0.25, 0.3) is 33.1 Å². The molecule has 0 aliphatic heterocycles. The third-order valence-corrected chi connectivity index (χ3v) is 5.21. The number of anilines is 2. The third kappa shape index (κ3) is 2.95. The van der Waals surface area contributed by atoms with E-state index in [0.717, 1.165) is 16.8 Å². The molecule has 0 atom stereocenters. The Kier molecular flexibility index (Phi) is 4.17. The SMILES string of the molecule is Cc1ccc(Nc2oc3c(c2-c2ccc(F)cc2)c(=O)oc2ccccc23)c(C)c1. The van der Waals surface area contributed by atoms with Gasteiger partial charge in [0.1, 0.15) is 16.8 Å². The Morgan fingerprint density at radius 2 is 1.67 bits per heavy atom. The molecule has 0 saturated heterocycles. The molecule has 3 aromatic carbocycles. The molecule has 0 fully saturated rings. The van der Waals surface area contributed by atoms with Gasteiger partial charge in [-0.3, -0.25) is 0 Å². The second kappa shape index (κ2) is 6.88. The highest BCUT2D eigenvalue weighted by molar-refractivity contribution is 6.10. The van der Waals surface area contributed by atoms with E-state index in [1.54, 1.807) is 24.3 Å². The first-order chi connectivity index (χ1) is 14.5. The lowest BCUT2D eigenvalue weighted by molar-refractivity contribution is 0.566. The van der Waals surface area contributed by atoms with Gasteiger partial charge in [0.05, 0.1) is 10.9 Å². The molecule has 5 aromatic rings. The summed E-state index contributed by atoms with van der Waals surface area (Å²) in [6.45, 7) is 4.03. The first-order valence-corrected chi connectivity index (χ1v) is 9.60. The fraction of sp³-hybridized carbons (Fsp3) is 0.0800. The highest BCUT2D eigenvalue weighted by Crippen LogP contribution is 2.41. The van der Waals surface area contributed by atoms with Crippen molar-refractivity contribution in [3.63, 3.8) is 0 Å². The number of hydrogen-bond acceptors (Lipinski definition) is 4. The Hall–Kier alpha value is -3.86. The minimum Gasteiger partial charge on any atom is -0.439 e. The number of rotatable bonds is 3. The molecule has 0 unspecified atom stereocenters. The van der Waals surface area contributed by atoms with Gasteiger partial charge in [-0.25, -0.2) is 9.18 Å². The lowest BCUT2D eigenvalue weighted by Crippen LogP contribution is -2.00. The highest BCUT2D eigenvalue weighted by Gasteiger charge is 2.23. The van der Waals surface area contributed by atoms with Crippen molar-refractivity contribution in [1.82, 2.24) is 0 Å². The molecule has 0 aliphatic rings. The van der Waals surface area contributed by atoms with E-state index in [1.807, 2.05) is 38.1 Å². The van der Waals surface area contributed by atoms with Gasteiger partial charge < -0.3 is 14.2 Å². The predicted octanol–water partition coefficient (Wildman–Crippen LogP) is 6.71. The van der Waals surface area contributed by atoms with Gasteiger partial charge >= 0.3 is 5.63 Å². The summed E-state index contributed by atoms with van der Waals surface area (Å²) in [5.41, 5.74) is 4.64.